The van der Waals surface area contributed by atoms with Gasteiger partial charge in [-0.1, -0.05) is 6.92 Å². The predicted octanol–water partition coefficient (Wildman–Crippen LogP) is 0.606. The number of rotatable bonds is 2. The third kappa shape index (κ3) is 2.83. The highest BCUT2D eigenvalue weighted by molar-refractivity contribution is 5.76. The van der Waals surface area contributed by atoms with Crippen LogP contribution in [0.2, 0.25) is 0 Å². The first kappa shape index (κ1) is 14.1. The molecule has 2 fully saturated rings. The van der Waals surface area contributed by atoms with E-state index in [2.05, 4.69) is 0 Å². The fourth-order valence-electron chi connectivity index (χ4n) is 3.02. The summed E-state index contributed by atoms with van der Waals surface area (Å²) in [6.07, 6.45) is 1.96. The van der Waals surface area contributed by atoms with Crippen molar-refractivity contribution in [3.05, 3.63) is 0 Å². The van der Waals surface area contributed by atoms with E-state index in [4.69, 9.17) is 5.11 Å². The molecule has 6 nitrogen and oxygen atoms in total. The van der Waals surface area contributed by atoms with Crippen molar-refractivity contribution >= 4 is 12.0 Å². The topological polar surface area (TPSA) is 81.1 Å². The third-order valence-corrected chi connectivity index (χ3v) is 4.43. The van der Waals surface area contributed by atoms with Crippen molar-refractivity contribution in [2.24, 2.45) is 11.8 Å². The van der Waals surface area contributed by atoms with Crippen molar-refractivity contribution in [1.29, 1.82) is 0 Å². The van der Waals surface area contributed by atoms with Crippen LogP contribution in [0.5, 0.6) is 0 Å². The van der Waals surface area contributed by atoms with Crippen molar-refractivity contribution in [1.82, 2.24) is 9.80 Å². The first-order valence-corrected chi connectivity index (χ1v) is 6.93. The lowest BCUT2D eigenvalue weighted by molar-refractivity contribution is -0.143. The standard InChI is InChI=1S/C13H22N2O4/c1-9-2-7-15(11(9)8-16)13(19)14-5-3-10(4-6-14)12(17)18/h9-11,16H,2-8H2,1H3,(H,17,18). The largest absolute Gasteiger partial charge is 0.481 e. The SMILES string of the molecule is CC1CCN(C(=O)N2CCC(C(=O)O)CC2)C1CO. The average molecular weight is 270 g/mol. The minimum absolute atomic E-state index is 0.00149. The van der Waals surface area contributed by atoms with Crippen molar-refractivity contribution in [2.45, 2.75) is 32.2 Å². The number of carboxylic acid groups (broad SMARTS) is 1. The Morgan fingerprint density at radius 1 is 1.16 bits per heavy atom. The summed E-state index contributed by atoms with van der Waals surface area (Å²) in [5.74, 6) is -0.768. The Kier molecular flexibility index (Phi) is 4.29. The van der Waals surface area contributed by atoms with Gasteiger partial charge in [-0.3, -0.25) is 4.79 Å². The molecular formula is C13H22N2O4. The maximum atomic E-state index is 12.4. The maximum Gasteiger partial charge on any atom is 0.320 e. The molecule has 6 heteroatoms. The monoisotopic (exact) mass is 270 g/mol. The number of nitrogens with zero attached hydrogens (tertiary/aromatic N) is 2. The molecule has 19 heavy (non-hydrogen) atoms. The minimum atomic E-state index is -0.768. The molecule has 0 aliphatic carbocycles. The Morgan fingerprint density at radius 2 is 1.79 bits per heavy atom. The van der Waals surface area contributed by atoms with Crippen LogP contribution in [0, 0.1) is 11.8 Å². The van der Waals surface area contributed by atoms with Gasteiger partial charge in [0, 0.05) is 19.6 Å². The quantitative estimate of drug-likeness (QED) is 0.770. The van der Waals surface area contributed by atoms with Gasteiger partial charge in [0.05, 0.1) is 18.6 Å². The van der Waals surface area contributed by atoms with Gasteiger partial charge in [0.25, 0.3) is 0 Å². The van der Waals surface area contributed by atoms with Crippen LogP contribution in [0.1, 0.15) is 26.2 Å². The van der Waals surface area contributed by atoms with Gasteiger partial charge in [0.1, 0.15) is 0 Å². The van der Waals surface area contributed by atoms with Crippen LogP contribution in [-0.4, -0.2) is 64.3 Å². The summed E-state index contributed by atoms with van der Waals surface area (Å²) >= 11 is 0. The zero-order valence-corrected chi connectivity index (χ0v) is 11.3. The number of amides is 2. The minimum Gasteiger partial charge on any atom is -0.481 e. The summed E-state index contributed by atoms with van der Waals surface area (Å²) in [5.41, 5.74) is 0. The van der Waals surface area contributed by atoms with Gasteiger partial charge in [-0.05, 0) is 25.2 Å². The Hall–Kier alpha value is -1.30. The van der Waals surface area contributed by atoms with Crippen molar-refractivity contribution < 1.29 is 19.8 Å². The Bertz CT molecular complexity index is 353. The van der Waals surface area contributed by atoms with Gasteiger partial charge in [0.2, 0.25) is 0 Å². The smallest absolute Gasteiger partial charge is 0.320 e. The number of hydrogen-bond donors (Lipinski definition) is 2. The van der Waals surface area contributed by atoms with E-state index >= 15 is 0 Å². The number of carbonyl (C=O) groups excluding carboxylic acids is 1. The number of hydrogen-bond acceptors (Lipinski definition) is 3. The summed E-state index contributed by atoms with van der Waals surface area (Å²) in [6, 6.07) is -0.142. The first-order valence-electron chi connectivity index (χ1n) is 6.93. The van der Waals surface area contributed by atoms with Gasteiger partial charge in [-0.2, -0.15) is 0 Å². The van der Waals surface area contributed by atoms with Crippen molar-refractivity contribution in [3.8, 4) is 0 Å². The van der Waals surface area contributed by atoms with Gasteiger partial charge >= 0.3 is 12.0 Å². The van der Waals surface area contributed by atoms with E-state index in [0.717, 1.165) is 6.42 Å². The van der Waals surface area contributed by atoms with Crippen LogP contribution < -0.4 is 0 Å². The van der Waals surface area contributed by atoms with E-state index in [9.17, 15) is 14.7 Å². The molecule has 2 heterocycles. The number of likely N-dealkylation sites (tertiary alicyclic amines) is 2. The van der Waals surface area contributed by atoms with Crippen LogP contribution in [0.25, 0.3) is 0 Å². The van der Waals surface area contributed by atoms with Crippen LogP contribution in [0.4, 0.5) is 4.79 Å². The molecule has 0 radical (unpaired) electrons. The van der Waals surface area contributed by atoms with Gasteiger partial charge in [-0.25, -0.2) is 4.79 Å². The van der Waals surface area contributed by atoms with E-state index in [1.165, 1.54) is 0 Å². The number of aliphatic carboxylic acids is 1. The molecule has 0 aromatic carbocycles. The number of aliphatic hydroxyl groups is 1. The summed E-state index contributed by atoms with van der Waals surface area (Å²) in [7, 11) is 0. The van der Waals surface area contributed by atoms with Crippen LogP contribution in [0.3, 0.4) is 0 Å². The molecule has 2 N–H and O–H groups in total. The van der Waals surface area contributed by atoms with Gasteiger partial charge in [0.15, 0.2) is 0 Å². The second-order valence-corrected chi connectivity index (χ2v) is 5.59. The second kappa shape index (κ2) is 5.77. The fraction of sp³-hybridized carbons (Fsp3) is 0.846. The predicted molar refractivity (Wildman–Crippen MR) is 68.7 cm³/mol. The zero-order valence-electron chi connectivity index (χ0n) is 11.3. The highest BCUT2D eigenvalue weighted by Crippen LogP contribution is 2.26. The molecule has 2 aliphatic rings. The lowest BCUT2D eigenvalue weighted by Gasteiger charge is -2.35. The number of carboxylic acids is 1. The van der Waals surface area contributed by atoms with E-state index < -0.39 is 5.97 Å². The lowest BCUT2D eigenvalue weighted by atomic mass is 9.97. The Labute approximate surface area is 113 Å². The molecule has 108 valence electrons. The van der Waals surface area contributed by atoms with E-state index in [1.807, 2.05) is 6.92 Å². The lowest BCUT2D eigenvalue weighted by Crippen LogP contribution is -2.50. The normalized spacial score (nSPS) is 28.7. The summed E-state index contributed by atoms with van der Waals surface area (Å²) in [4.78, 5) is 26.7. The number of piperidine rings is 1. The summed E-state index contributed by atoms with van der Waals surface area (Å²) in [6.45, 7) is 3.73. The van der Waals surface area contributed by atoms with E-state index in [1.54, 1.807) is 9.80 Å². The zero-order chi connectivity index (χ0) is 14.0. The molecule has 2 amide bonds. The van der Waals surface area contributed by atoms with Crippen LogP contribution >= 0.6 is 0 Å². The Morgan fingerprint density at radius 3 is 2.32 bits per heavy atom. The second-order valence-electron chi connectivity index (χ2n) is 5.59. The molecular weight excluding hydrogens is 248 g/mol. The molecule has 2 rings (SSSR count). The molecule has 2 saturated heterocycles. The number of aliphatic hydroxyl groups excluding tert-OH is 1. The average Bonchev–Trinajstić information content (AvgIpc) is 2.79. The first-order chi connectivity index (χ1) is 9.04. The van der Waals surface area contributed by atoms with Crippen molar-refractivity contribution in [3.63, 3.8) is 0 Å². The van der Waals surface area contributed by atoms with Crippen LogP contribution in [0.15, 0.2) is 0 Å². The molecule has 0 aromatic rings. The number of urea groups is 1. The molecule has 0 saturated carbocycles. The Balaban J connectivity index is 1.92. The molecule has 0 bridgehead atoms. The molecule has 0 aromatic heterocycles. The van der Waals surface area contributed by atoms with Crippen molar-refractivity contribution in [2.75, 3.05) is 26.2 Å². The van der Waals surface area contributed by atoms with Gasteiger partial charge in [-0.15, -0.1) is 0 Å². The number of carbonyl (C=O) groups is 2. The summed E-state index contributed by atoms with van der Waals surface area (Å²) in [5, 5.41) is 18.3. The fourth-order valence-corrected chi connectivity index (χ4v) is 3.02. The highest BCUT2D eigenvalue weighted by atomic mass is 16.4. The van der Waals surface area contributed by atoms with Crippen LogP contribution in [-0.2, 0) is 4.79 Å². The third-order valence-electron chi connectivity index (χ3n) is 4.43. The molecule has 2 atom stereocenters. The summed E-state index contributed by atoms with van der Waals surface area (Å²) < 4.78 is 0. The van der Waals surface area contributed by atoms with Gasteiger partial charge < -0.3 is 20.0 Å². The molecule has 2 aliphatic heterocycles. The molecule has 0 spiro atoms. The van der Waals surface area contributed by atoms with E-state index in [-0.39, 0.29) is 24.6 Å². The molecule has 2 unspecified atom stereocenters. The highest BCUT2D eigenvalue weighted by Gasteiger charge is 2.37. The van der Waals surface area contributed by atoms with E-state index in [0.29, 0.717) is 38.4 Å². The maximum absolute atomic E-state index is 12.4.